The normalized spacial score (nSPS) is 13.0. The minimum absolute atomic E-state index is 0.200. The van der Waals surface area contributed by atoms with Crippen LogP contribution in [0.5, 0.6) is 0 Å². The highest BCUT2D eigenvalue weighted by atomic mass is 16.1. The molecule has 1 heterocycles. The number of hydrogen-bond donors (Lipinski definition) is 2. The summed E-state index contributed by atoms with van der Waals surface area (Å²) in [4.78, 5) is 11.0. The van der Waals surface area contributed by atoms with Gasteiger partial charge in [0.2, 0.25) is 5.78 Å². The molecule has 5 nitrogen and oxygen atoms in total. The lowest BCUT2D eigenvalue weighted by Gasteiger charge is -1.96. The number of rotatable bonds is 2. The Labute approximate surface area is 57.6 Å². The molecule has 1 unspecified atom stereocenters. The van der Waals surface area contributed by atoms with Gasteiger partial charge in [0.25, 0.3) is 0 Å². The van der Waals surface area contributed by atoms with E-state index in [2.05, 4.69) is 15.4 Å². The molecule has 0 saturated carbocycles. The van der Waals surface area contributed by atoms with E-state index >= 15 is 0 Å². The van der Waals surface area contributed by atoms with Crippen LogP contribution >= 0.6 is 0 Å². The maximum Gasteiger partial charge on any atom is 0.201 e. The summed E-state index contributed by atoms with van der Waals surface area (Å²) in [5, 5.41) is 9.30. The number of H-pyrrole nitrogens is 1. The molecule has 0 bridgehead atoms. The molecular weight excluding hydrogens is 132 g/mol. The molecule has 0 spiro atoms. The second-order valence-corrected chi connectivity index (χ2v) is 2.01. The van der Waals surface area contributed by atoms with E-state index in [-0.39, 0.29) is 11.5 Å². The van der Waals surface area contributed by atoms with Gasteiger partial charge in [-0.15, -0.1) is 5.10 Å². The molecule has 0 saturated heterocycles. The summed E-state index contributed by atoms with van der Waals surface area (Å²) < 4.78 is 0. The Bertz CT molecular complexity index is 216. The molecule has 0 aliphatic carbocycles. The monoisotopic (exact) mass is 140 g/mol. The summed E-state index contributed by atoms with van der Waals surface area (Å²) in [5.74, 6) is -0.200. The van der Waals surface area contributed by atoms with Crippen LogP contribution in [0.2, 0.25) is 0 Å². The van der Waals surface area contributed by atoms with Gasteiger partial charge in [0.1, 0.15) is 5.69 Å². The molecule has 1 atom stereocenters. The van der Waals surface area contributed by atoms with Gasteiger partial charge < -0.3 is 5.73 Å². The first-order valence-electron chi connectivity index (χ1n) is 2.88. The van der Waals surface area contributed by atoms with Crippen LogP contribution in [0.3, 0.4) is 0 Å². The molecule has 0 fully saturated rings. The van der Waals surface area contributed by atoms with Crippen LogP contribution in [0.15, 0.2) is 6.20 Å². The van der Waals surface area contributed by atoms with Crippen molar-refractivity contribution < 1.29 is 4.79 Å². The predicted octanol–water partition coefficient (Wildman–Crippen LogP) is -0.665. The maximum absolute atomic E-state index is 11.0. The highest BCUT2D eigenvalue weighted by Gasteiger charge is 2.12. The first-order chi connectivity index (χ1) is 4.72. The van der Waals surface area contributed by atoms with Crippen molar-refractivity contribution in [2.45, 2.75) is 13.0 Å². The predicted molar refractivity (Wildman–Crippen MR) is 34.4 cm³/mol. The number of ketones is 1. The van der Waals surface area contributed by atoms with E-state index in [0.717, 1.165) is 0 Å². The van der Waals surface area contributed by atoms with Gasteiger partial charge in [-0.05, 0) is 6.92 Å². The summed E-state index contributed by atoms with van der Waals surface area (Å²) >= 11 is 0. The molecule has 1 aromatic rings. The topological polar surface area (TPSA) is 84.7 Å². The molecule has 1 aromatic heterocycles. The Kier molecular flexibility index (Phi) is 1.77. The molecule has 0 aromatic carbocycles. The summed E-state index contributed by atoms with van der Waals surface area (Å²) in [6, 6.07) is -0.509. The Morgan fingerprint density at radius 2 is 2.60 bits per heavy atom. The van der Waals surface area contributed by atoms with Crippen molar-refractivity contribution in [1.82, 2.24) is 15.4 Å². The van der Waals surface area contributed by atoms with E-state index in [1.165, 1.54) is 6.20 Å². The van der Waals surface area contributed by atoms with E-state index in [4.69, 9.17) is 5.73 Å². The number of aromatic amines is 1. The van der Waals surface area contributed by atoms with Crippen LogP contribution < -0.4 is 5.73 Å². The highest BCUT2D eigenvalue weighted by Crippen LogP contribution is 1.93. The number of nitrogens with one attached hydrogen (secondary N) is 1. The van der Waals surface area contributed by atoms with Gasteiger partial charge in [-0.1, -0.05) is 5.21 Å². The zero-order valence-corrected chi connectivity index (χ0v) is 5.53. The lowest BCUT2D eigenvalue weighted by molar-refractivity contribution is 0.0963. The van der Waals surface area contributed by atoms with E-state index in [1.807, 2.05) is 0 Å². The van der Waals surface area contributed by atoms with Gasteiger partial charge in [-0.3, -0.25) is 9.89 Å². The van der Waals surface area contributed by atoms with Gasteiger partial charge in [0.05, 0.1) is 12.2 Å². The number of Topliss-reactive ketones (excluding diaryl/α,β-unsaturated/α-hetero) is 1. The first kappa shape index (κ1) is 6.88. The highest BCUT2D eigenvalue weighted by molar-refractivity contribution is 5.97. The molecule has 1 rings (SSSR count). The number of hydrogen-bond acceptors (Lipinski definition) is 4. The summed E-state index contributed by atoms with van der Waals surface area (Å²) in [5.41, 5.74) is 5.58. The lowest BCUT2D eigenvalue weighted by atomic mass is 10.2. The molecule has 0 aliphatic heterocycles. The van der Waals surface area contributed by atoms with Crippen LogP contribution in [0.1, 0.15) is 17.4 Å². The van der Waals surface area contributed by atoms with Crippen molar-refractivity contribution >= 4 is 5.78 Å². The fraction of sp³-hybridized carbons (Fsp3) is 0.400. The van der Waals surface area contributed by atoms with Crippen LogP contribution in [-0.2, 0) is 0 Å². The van der Waals surface area contributed by atoms with E-state index in [1.54, 1.807) is 6.92 Å². The zero-order chi connectivity index (χ0) is 7.56. The van der Waals surface area contributed by atoms with Gasteiger partial charge in [0, 0.05) is 0 Å². The smallest absolute Gasteiger partial charge is 0.201 e. The van der Waals surface area contributed by atoms with Crippen LogP contribution in [-0.4, -0.2) is 27.2 Å². The minimum Gasteiger partial charge on any atom is -0.321 e. The number of carbonyl (C=O) groups excluding carboxylic acids is 1. The minimum atomic E-state index is -0.509. The fourth-order valence-electron chi connectivity index (χ4n) is 0.555. The van der Waals surface area contributed by atoms with Crippen molar-refractivity contribution in [2.75, 3.05) is 0 Å². The third-order valence-corrected chi connectivity index (χ3v) is 1.08. The van der Waals surface area contributed by atoms with Crippen molar-refractivity contribution in [3.63, 3.8) is 0 Å². The molecule has 10 heavy (non-hydrogen) atoms. The molecule has 0 aliphatic rings. The van der Waals surface area contributed by atoms with Gasteiger partial charge >= 0.3 is 0 Å². The second kappa shape index (κ2) is 2.57. The van der Waals surface area contributed by atoms with Crippen molar-refractivity contribution in [1.29, 1.82) is 0 Å². The number of nitrogens with zero attached hydrogens (tertiary/aromatic N) is 2. The van der Waals surface area contributed by atoms with Crippen LogP contribution in [0.4, 0.5) is 0 Å². The third-order valence-electron chi connectivity index (χ3n) is 1.08. The van der Waals surface area contributed by atoms with Gasteiger partial charge in [0.15, 0.2) is 0 Å². The molecule has 3 N–H and O–H groups in total. The molecule has 5 heteroatoms. The summed E-state index contributed by atoms with van der Waals surface area (Å²) in [6.45, 7) is 1.61. The van der Waals surface area contributed by atoms with E-state index < -0.39 is 6.04 Å². The standard InChI is InChI=1S/C5H8N4O/c1-3(6)5(10)4-2-7-9-8-4/h2-3H,6H2,1H3,(H,7,8,9). The number of nitrogens with two attached hydrogens (primary N) is 1. The van der Waals surface area contributed by atoms with Crippen molar-refractivity contribution in [3.8, 4) is 0 Å². The van der Waals surface area contributed by atoms with E-state index in [0.29, 0.717) is 0 Å². The Balaban J connectivity index is 2.78. The molecule has 0 radical (unpaired) electrons. The average Bonchev–Trinajstić information content (AvgIpc) is 2.36. The first-order valence-corrected chi connectivity index (χ1v) is 2.88. The van der Waals surface area contributed by atoms with Gasteiger partial charge in [-0.25, -0.2) is 0 Å². The van der Waals surface area contributed by atoms with Gasteiger partial charge in [-0.2, -0.15) is 0 Å². The zero-order valence-electron chi connectivity index (χ0n) is 5.53. The van der Waals surface area contributed by atoms with E-state index in [9.17, 15) is 4.79 Å². The van der Waals surface area contributed by atoms with Crippen molar-refractivity contribution in [3.05, 3.63) is 11.9 Å². The molecular formula is C5H8N4O. The summed E-state index contributed by atoms with van der Waals surface area (Å²) in [7, 11) is 0. The fourth-order valence-corrected chi connectivity index (χ4v) is 0.555. The summed E-state index contributed by atoms with van der Waals surface area (Å²) in [6.07, 6.45) is 1.42. The lowest BCUT2D eigenvalue weighted by Crippen LogP contribution is -2.26. The largest absolute Gasteiger partial charge is 0.321 e. The Hall–Kier alpha value is -1.23. The second-order valence-electron chi connectivity index (χ2n) is 2.01. The third kappa shape index (κ3) is 1.19. The van der Waals surface area contributed by atoms with Crippen LogP contribution in [0, 0.1) is 0 Å². The number of carbonyl (C=O) groups is 1. The Morgan fingerprint density at radius 3 is 3.00 bits per heavy atom. The SMILES string of the molecule is CC(N)C(=O)c1c[nH]nn1. The molecule has 0 amide bonds. The average molecular weight is 140 g/mol. The Morgan fingerprint density at radius 1 is 1.90 bits per heavy atom. The quantitative estimate of drug-likeness (QED) is 0.534. The van der Waals surface area contributed by atoms with Crippen LogP contribution in [0.25, 0.3) is 0 Å². The number of aromatic nitrogens is 3. The maximum atomic E-state index is 11.0. The molecule has 54 valence electrons. The van der Waals surface area contributed by atoms with Crippen molar-refractivity contribution in [2.24, 2.45) is 5.73 Å².